The standard InChI is InChI=1S/C14H17N3O2S/c1-9-12(5-4-6-13(9)17(18)19)7-15-8-14-10(2)16-11(3)20-14/h4-6,15H,7-8H2,1-3H3. The molecule has 106 valence electrons. The molecule has 0 atom stereocenters. The fraction of sp³-hybridized carbons (Fsp3) is 0.357. The van der Waals surface area contributed by atoms with Crippen molar-refractivity contribution in [3.63, 3.8) is 0 Å². The molecule has 0 saturated carbocycles. The average molecular weight is 291 g/mol. The highest BCUT2D eigenvalue weighted by Gasteiger charge is 2.13. The maximum atomic E-state index is 10.9. The molecule has 0 bridgehead atoms. The summed E-state index contributed by atoms with van der Waals surface area (Å²) in [6, 6.07) is 5.18. The van der Waals surface area contributed by atoms with Crippen LogP contribution >= 0.6 is 11.3 Å². The largest absolute Gasteiger partial charge is 0.308 e. The van der Waals surface area contributed by atoms with Crippen LogP contribution in [0.5, 0.6) is 0 Å². The van der Waals surface area contributed by atoms with Crippen molar-refractivity contribution in [2.45, 2.75) is 33.9 Å². The van der Waals surface area contributed by atoms with E-state index in [1.807, 2.05) is 19.9 Å². The summed E-state index contributed by atoms with van der Waals surface area (Å²) in [4.78, 5) is 16.2. The van der Waals surface area contributed by atoms with Crippen molar-refractivity contribution < 1.29 is 4.92 Å². The minimum Gasteiger partial charge on any atom is -0.308 e. The lowest BCUT2D eigenvalue weighted by molar-refractivity contribution is -0.385. The first-order chi connectivity index (χ1) is 9.49. The lowest BCUT2D eigenvalue weighted by Gasteiger charge is -2.07. The summed E-state index contributed by atoms with van der Waals surface area (Å²) < 4.78 is 0. The molecule has 20 heavy (non-hydrogen) atoms. The predicted molar refractivity (Wildman–Crippen MR) is 80.0 cm³/mol. The molecule has 1 aromatic heterocycles. The highest BCUT2D eigenvalue weighted by atomic mass is 32.1. The molecule has 0 fully saturated rings. The van der Waals surface area contributed by atoms with E-state index in [9.17, 15) is 10.1 Å². The number of hydrogen-bond donors (Lipinski definition) is 1. The molecule has 2 rings (SSSR count). The Morgan fingerprint density at radius 2 is 2.05 bits per heavy atom. The molecule has 2 aromatic rings. The third kappa shape index (κ3) is 3.20. The summed E-state index contributed by atoms with van der Waals surface area (Å²) in [6.07, 6.45) is 0. The van der Waals surface area contributed by atoms with Crippen LogP contribution < -0.4 is 5.32 Å². The lowest BCUT2D eigenvalue weighted by Crippen LogP contribution is -2.13. The Kier molecular flexibility index (Phi) is 4.46. The van der Waals surface area contributed by atoms with Crippen LogP contribution in [-0.2, 0) is 13.1 Å². The smallest absolute Gasteiger partial charge is 0.272 e. The van der Waals surface area contributed by atoms with Gasteiger partial charge in [-0.15, -0.1) is 11.3 Å². The molecule has 5 nitrogen and oxygen atoms in total. The summed E-state index contributed by atoms with van der Waals surface area (Å²) in [6.45, 7) is 7.13. The van der Waals surface area contributed by atoms with Gasteiger partial charge in [-0.05, 0) is 26.3 Å². The quantitative estimate of drug-likeness (QED) is 0.678. The van der Waals surface area contributed by atoms with Gasteiger partial charge in [0.05, 0.1) is 15.6 Å². The van der Waals surface area contributed by atoms with Crippen LogP contribution in [0.1, 0.15) is 26.7 Å². The van der Waals surface area contributed by atoms with Crippen molar-refractivity contribution >= 4 is 17.0 Å². The van der Waals surface area contributed by atoms with Gasteiger partial charge >= 0.3 is 0 Å². The number of nitrogens with zero attached hydrogens (tertiary/aromatic N) is 2. The first-order valence-corrected chi connectivity index (χ1v) is 7.17. The summed E-state index contributed by atoms with van der Waals surface area (Å²) in [5, 5.41) is 15.3. The number of nitrogens with one attached hydrogen (secondary N) is 1. The van der Waals surface area contributed by atoms with Crippen molar-refractivity contribution in [1.29, 1.82) is 0 Å². The van der Waals surface area contributed by atoms with E-state index in [2.05, 4.69) is 10.3 Å². The highest BCUT2D eigenvalue weighted by molar-refractivity contribution is 7.11. The monoisotopic (exact) mass is 291 g/mol. The van der Waals surface area contributed by atoms with Crippen LogP contribution in [0.15, 0.2) is 18.2 Å². The SMILES string of the molecule is Cc1nc(C)c(CNCc2cccc([N+](=O)[O-])c2C)s1. The average Bonchev–Trinajstić information content (AvgIpc) is 2.69. The zero-order valence-electron chi connectivity index (χ0n) is 11.8. The Morgan fingerprint density at radius 1 is 1.30 bits per heavy atom. The van der Waals surface area contributed by atoms with Crippen LogP contribution in [0.4, 0.5) is 5.69 Å². The van der Waals surface area contributed by atoms with Crippen LogP contribution in [0.25, 0.3) is 0 Å². The second kappa shape index (κ2) is 6.11. The number of aryl methyl sites for hydroxylation is 2. The Balaban J connectivity index is 2.03. The van der Waals surface area contributed by atoms with Gasteiger partial charge in [0.2, 0.25) is 0 Å². The van der Waals surface area contributed by atoms with Crippen molar-refractivity contribution in [2.24, 2.45) is 0 Å². The number of thiazole rings is 1. The van der Waals surface area contributed by atoms with Gasteiger partial charge in [0.1, 0.15) is 0 Å². The summed E-state index contributed by atoms with van der Waals surface area (Å²) in [5.74, 6) is 0. The van der Waals surface area contributed by atoms with Crippen molar-refractivity contribution in [2.75, 3.05) is 0 Å². The molecular formula is C14H17N3O2S. The lowest BCUT2D eigenvalue weighted by atomic mass is 10.1. The molecule has 1 aromatic carbocycles. The third-order valence-corrected chi connectivity index (χ3v) is 4.29. The number of benzene rings is 1. The van der Waals surface area contributed by atoms with Crippen molar-refractivity contribution in [1.82, 2.24) is 10.3 Å². The molecule has 6 heteroatoms. The highest BCUT2D eigenvalue weighted by Crippen LogP contribution is 2.21. The maximum Gasteiger partial charge on any atom is 0.272 e. The summed E-state index contributed by atoms with van der Waals surface area (Å²) in [5.41, 5.74) is 2.91. The van der Waals surface area contributed by atoms with E-state index in [4.69, 9.17) is 0 Å². The first-order valence-electron chi connectivity index (χ1n) is 6.35. The fourth-order valence-corrected chi connectivity index (χ4v) is 3.01. The van der Waals surface area contributed by atoms with Gasteiger partial charge in [-0.25, -0.2) is 4.98 Å². The Bertz CT molecular complexity index is 637. The molecule has 0 aliphatic heterocycles. The predicted octanol–water partition coefficient (Wildman–Crippen LogP) is 3.27. The van der Waals surface area contributed by atoms with Gasteiger partial charge in [-0.2, -0.15) is 0 Å². The normalized spacial score (nSPS) is 10.8. The van der Waals surface area contributed by atoms with Crippen molar-refractivity contribution in [3.8, 4) is 0 Å². The Morgan fingerprint density at radius 3 is 2.65 bits per heavy atom. The summed E-state index contributed by atoms with van der Waals surface area (Å²) >= 11 is 1.68. The number of aromatic nitrogens is 1. The van der Waals surface area contributed by atoms with Gasteiger partial charge < -0.3 is 5.32 Å². The molecule has 0 spiro atoms. The fourth-order valence-electron chi connectivity index (χ4n) is 2.11. The van der Waals surface area contributed by atoms with Gasteiger partial charge in [0.25, 0.3) is 5.69 Å². The van der Waals surface area contributed by atoms with Gasteiger partial charge in [-0.1, -0.05) is 12.1 Å². The molecule has 0 radical (unpaired) electrons. The van der Waals surface area contributed by atoms with Crippen LogP contribution in [-0.4, -0.2) is 9.91 Å². The van der Waals surface area contributed by atoms with Crippen LogP contribution in [0.2, 0.25) is 0 Å². The molecule has 0 aliphatic carbocycles. The Hall–Kier alpha value is -1.79. The van der Waals surface area contributed by atoms with E-state index in [1.165, 1.54) is 10.9 Å². The third-order valence-electron chi connectivity index (χ3n) is 3.21. The molecule has 1 N–H and O–H groups in total. The minimum absolute atomic E-state index is 0.175. The van der Waals surface area contributed by atoms with Crippen molar-refractivity contribution in [3.05, 3.63) is 55.0 Å². The molecule has 0 saturated heterocycles. The number of nitro benzene ring substituents is 1. The molecule has 0 unspecified atom stereocenters. The zero-order valence-corrected chi connectivity index (χ0v) is 12.6. The first kappa shape index (κ1) is 14.6. The molecule has 0 amide bonds. The van der Waals surface area contributed by atoms with E-state index in [0.29, 0.717) is 6.54 Å². The zero-order chi connectivity index (χ0) is 14.7. The van der Waals surface area contributed by atoms with Crippen LogP contribution in [0, 0.1) is 30.9 Å². The summed E-state index contributed by atoms with van der Waals surface area (Å²) in [7, 11) is 0. The maximum absolute atomic E-state index is 10.9. The molecule has 1 heterocycles. The van der Waals surface area contributed by atoms with E-state index in [0.717, 1.165) is 28.4 Å². The molecule has 0 aliphatic rings. The second-order valence-electron chi connectivity index (χ2n) is 4.66. The molecular weight excluding hydrogens is 274 g/mol. The van der Waals surface area contributed by atoms with E-state index in [-0.39, 0.29) is 10.6 Å². The number of hydrogen-bond acceptors (Lipinski definition) is 5. The second-order valence-corrected chi connectivity index (χ2v) is 5.95. The van der Waals surface area contributed by atoms with E-state index < -0.39 is 0 Å². The van der Waals surface area contributed by atoms with Gasteiger partial charge in [0.15, 0.2) is 0 Å². The van der Waals surface area contributed by atoms with Crippen LogP contribution in [0.3, 0.4) is 0 Å². The van der Waals surface area contributed by atoms with E-state index >= 15 is 0 Å². The minimum atomic E-state index is -0.338. The van der Waals surface area contributed by atoms with Gasteiger partial charge in [-0.3, -0.25) is 10.1 Å². The number of rotatable bonds is 5. The van der Waals surface area contributed by atoms with E-state index in [1.54, 1.807) is 24.3 Å². The Labute approximate surface area is 121 Å². The topological polar surface area (TPSA) is 68.1 Å². The van der Waals surface area contributed by atoms with Gasteiger partial charge in [0, 0.05) is 29.6 Å². The number of nitro groups is 1.